The molecule has 4 heteroatoms. The van der Waals surface area contributed by atoms with Crippen LogP contribution in [0.2, 0.25) is 0 Å². The second-order valence-corrected chi connectivity index (χ2v) is 5.21. The lowest BCUT2D eigenvalue weighted by molar-refractivity contribution is -0.163. The van der Waals surface area contributed by atoms with Gasteiger partial charge in [0.25, 0.3) is 0 Å². The standard InChI is InChI=1S/C11H20N2O2/c1-13-4-2-8(3-5-13)11(10(14)15)6-9(12)7-11/h8-9H,2-7,12H2,1H3,(H,14,15). The highest BCUT2D eigenvalue weighted by Gasteiger charge is 2.54. The minimum absolute atomic E-state index is 0.112. The molecule has 4 nitrogen and oxygen atoms in total. The summed E-state index contributed by atoms with van der Waals surface area (Å²) in [7, 11) is 2.09. The molecule has 15 heavy (non-hydrogen) atoms. The van der Waals surface area contributed by atoms with E-state index in [9.17, 15) is 9.90 Å². The number of likely N-dealkylation sites (tertiary alicyclic amines) is 1. The predicted molar refractivity (Wildman–Crippen MR) is 57.5 cm³/mol. The number of nitrogens with zero attached hydrogens (tertiary/aromatic N) is 1. The Morgan fingerprint density at radius 3 is 2.33 bits per heavy atom. The van der Waals surface area contributed by atoms with Gasteiger partial charge in [0.05, 0.1) is 5.41 Å². The lowest BCUT2D eigenvalue weighted by atomic mass is 9.56. The normalized spacial score (nSPS) is 38.7. The number of hydrogen-bond donors (Lipinski definition) is 2. The van der Waals surface area contributed by atoms with Gasteiger partial charge in [-0.25, -0.2) is 0 Å². The van der Waals surface area contributed by atoms with E-state index in [4.69, 9.17) is 5.73 Å². The average molecular weight is 212 g/mol. The number of carboxylic acid groups (broad SMARTS) is 1. The highest BCUT2D eigenvalue weighted by Crippen LogP contribution is 2.50. The third kappa shape index (κ3) is 1.76. The van der Waals surface area contributed by atoms with Gasteiger partial charge in [-0.05, 0) is 51.7 Å². The van der Waals surface area contributed by atoms with Crippen LogP contribution in [0.3, 0.4) is 0 Å². The summed E-state index contributed by atoms with van der Waals surface area (Å²) in [5, 5.41) is 9.35. The molecule has 1 aliphatic carbocycles. The van der Waals surface area contributed by atoms with Crippen LogP contribution in [0.5, 0.6) is 0 Å². The van der Waals surface area contributed by atoms with Crippen LogP contribution >= 0.6 is 0 Å². The van der Waals surface area contributed by atoms with Gasteiger partial charge in [-0.1, -0.05) is 0 Å². The van der Waals surface area contributed by atoms with Crippen molar-refractivity contribution in [2.24, 2.45) is 17.1 Å². The summed E-state index contributed by atoms with van der Waals surface area (Å²) in [6, 6.07) is 0.112. The number of carbonyl (C=O) groups is 1. The summed E-state index contributed by atoms with van der Waals surface area (Å²) in [6.45, 7) is 2.05. The molecular weight excluding hydrogens is 192 g/mol. The summed E-state index contributed by atoms with van der Waals surface area (Å²) in [6.07, 6.45) is 3.37. The highest BCUT2D eigenvalue weighted by atomic mass is 16.4. The Morgan fingerprint density at radius 1 is 1.40 bits per heavy atom. The van der Waals surface area contributed by atoms with Gasteiger partial charge in [0.15, 0.2) is 0 Å². The quantitative estimate of drug-likeness (QED) is 0.700. The van der Waals surface area contributed by atoms with E-state index in [1.807, 2.05) is 0 Å². The Kier molecular flexibility index (Phi) is 2.73. The van der Waals surface area contributed by atoms with Gasteiger partial charge >= 0.3 is 5.97 Å². The number of rotatable bonds is 2. The van der Waals surface area contributed by atoms with Crippen LogP contribution in [-0.2, 0) is 4.79 Å². The van der Waals surface area contributed by atoms with Crippen molar-refractivity contribution < 1.29 is 9.90 Å². The van der Waals surface area contributed by atoms with Crippen molar-refractivity contribution in [1.29, 1.82) is 0 Å². The van der Waals surface area contributed by atoms with Crippen LogP contribution in [0.25, 0.3) is 0 Å². The highest BCUT2D eigenvalue weighted by molar-refractivity contribution is 5.76. The first-order chi connectivity index (χ1) is 7.04. The van der Waals surface area contributed by atoms with E-state index in [0.29, 0.717) is 18.8 Å². The van der Waals surface area contributed by atoms with Gasteiger partial charge in [0.1, 0.15) is 0 Å². The molecular formula is C11H20N2O2. The largest absolute Gasteiger partial charge is 0.481 e. The summed E-state index contributed by atoms with van der Waals surface area (Å²) >= 11 is 0. The first kappa shape index (κ1) is 10.9. The smallest absolute Gasteiger partial charge is 0.310 e. The van der Waals surface area contributed by atoms with Crippen LogP contribution < -0.4 is 5.73 Å². The molecule has 0 amide bonds. The summed E-state index contributed by atoms with van der Waals surface area (Å²) in [4.78, 5) is 13.6. The lowest BCUT2D eigenvalue weighted by Crippen LogP contribution is -2.56. The molecule has 86 valence electrons. The first-order valence-corrected chi connectivity index (χ1v) is 5.72. The summed E-state index contributed by atoms with van der Waals surface area (Å²) < 4.78 is 0. The fourth-order valence-corrected chi connectivity index (χ4v) is 3.12. The summed E-state index contributed by atoms with van der Waals surface area (Å²) in [5.41, 5.74) is 5.27. The van der Waals surface area contributed by atoms with E-state index >= 15 is 0 Å². The molecule has 0 aromatic carbocycles. The Morgan fingerprint density at radius 2 is 1.93 bits per heavy atom. The zero-order valence-corrected chi connectivity index (χ0v) is 9.28. The van der Waals surface area contributed by atoms with E-state index in [-0.39, 0.29) is 6.04 Å². The molecule has 1 heterocycles. The van der Waals surface area contributed by atoms with E-state index in [1.165, 1.54) is 0 Å². The fraction of sp³-hybridized carbons (Fsp3) is 0.909. The third-order valence-corrected chi connectivity index (χ3v) is 4.18. The Labute approximate surface area is 90.4 Å². The zero-order valence-electron chi connectivity index (χ0n) is 9.28. The van der Waals surface area contributed by atoms with Gasteiger partial charge in [0, 0.05) is 6.04 Å². The van der Waals surface area contributed by atoms with E-state index in [0.717, 1.165) is 25.9 Å². The molecule has 0 aromatic rings. The monoisotopic (exact) mass is 212 g/mol. The molecule has 0 bridgehead atoms. The maximum absolute atomic E-state index is 11.4. The Hall–Kier alpha value is -0.610. The molecule has 0 atom stereocenters. The lowest BCUT2D eigenvalue weighted by Gasteiger charge is -2.50. The number of nitrogens with two attached hydrogens (primary N) is 1. The number of carboxylic acids is 1. The van der Waals surface area contributed by atoms with Crippen LogP contribution in [-0.4, -0.2) is 42.2 Å². The van der Waals surface area contributed by atoms with Gasteiger partial charge in [-0.3, -0.25) is 4.79 Å². The van der Waals surface area contributed by atoms with Crippen molar-refractivity contribution in [1.82, 2.24) is 4.90 Å². The van der Waals surface area contributed by atoms with Gasteiger partial charge < -0.3 is 15.7 Å². The second kappa shape index (κ2) is 3.76. The van der Waals surface area contributed by atoms with Crippen LogP contribution in [0.1, 0.15) is 25.7 Å². The first-order valence-electron chi connectivity index (χ1n) is 5.72. The van der Waals surface area contributed by atoms with Crippen molar-refractivity contribution in [3.05, 3.63) is 0 Å². The molecule has 2 aliphatic rings. The molecule has 0 spiro atoms. The van der Waals surface area contributed by atoms with E-state index in [1.54, 1.807) is 0 Å². The van der Waals surface area contributed by atoms with Crippen molar-refractivity contribution >= 4 is 5.97 Å². The predicted octanol–water partition coefficient (Wildman–Crippen LogP) is 0.520. The van der Waals surface area contributed by atoms with Crippen molar-refractivity contribution in [3.63, 3.8) is 0 Å². The maximum Gasteiger partial charge on any atom is 0.310 e. The van der Waals surface area contributed by atoms with Crippen LogP contribution in [0.4, 0.5) is 0 Å². The number of piperidine rings is 1. The fourth-order valence-electron chi connectivity index (χ4n) is 3.12. The van der Waals surface area contributed by atoms with Gasteiger partial charge in [-0.2, -0.15) is 0 Å². The van der Waals surface area contributed by atoms with Gasteiger partial charge in [-0.15, -0.1) is 0 Å². The maximum atomic E-state index is 11.4. The topological polar surface area (TPSA) is 66.6 Å². The Bertz CT molecular complexity index is 253. The van der Waals surface area contributed by atoms with E-state index in [2.05, 4.69) is 11.9 Å². The van der Waals surface area contributed by atoms with Crippen LogP contribution in [0.15, 0.2) is 0 Å². The van der Waals surface area contributed by atoms with Crippen molar-refractivity contribution in [2.75, 3.05) is 20.1 Å². The molecule has 3 N–H and O–H groups in total. The SMILES string of the molecule is CN1CCC(C2(C(=O)O)CC(N)C2)CC1. The molecule has 0 radical (unpaired) electrons. The number of hydrogen-bond acceptors (Lipinski definition) is 3. The van der Waals surface area contributed by atoms with E-state index < -0.39 is 11.4 Å². The molecule has 2 rings (SSSR count). The number of aliphatic carboxylic acids is 1. The molecule has 1 saturated heterocycles. The van der Waals surface area contributed by atoms with Crippen LogP contribution in [0, 0.1) is 11.3 Å². The Balaban J connectivity index is 2.04. The van der Waals surface area contributed by atoms with Crippen molar-refractivity contribution in [2.45, 2.75) is 31.7 Å². The van der Waals surface area contributed by atoms with Crippen molar-refractivity contribution in [3.8, 4) is 0 Å². The average Bonchev–Trinajstić information content (AvgIpc) is 2.13. The molecule has 1 aliphatic heterocycles. The minimum Gasteiger partial charge on any atom is -0.481 e. The molecule has 0 unspecified atom stereocenters. The summed E-state index contributed by atoms with van der Waals surface area (Å²) in [5.74, 6) is -0.287. The second-order valence-electron chi connectivity index (χ2n) is 5.21. The van der Waals surface area contributed by atoms with Gasteiger partial charge in [0.2, 0.25) is 0 Å². The third-order valence-electron chi connectivity index (χ3n) is 4.18. The zero-order chi connectivity index (χ0) is 11.1. The molecule has 1 saturated carbocycles. The minimum atomic E-state index is -0.626. The molecule has 0 aromatic heterocycles. The molecule has 2 fully saturated rings.